The molecule has 2 aromatic carbocycles. The van der Waals surface area contributed by atoms with E-state index in [-0.39, 0.29) is 10.7 Å². The van der Waals surface area contributed by atoms with Crippen molar-refractivity contribution in [3.63, 3.8) is 0 Å². The van der Waals surface area contributed by atoms with E-state index in [0.717, 1.165) is 14.9 Å². The lowest BCUT2D eigenvalue weighted by molar-refractivity contribution is -0.126. The monoisotopic (exact) mass is 438 g/mol. The fourth-order valence-electron chi connectivity index (χ4n) is 2.94. The second-order valence-electron chi connectivity index (χ2n) is 5.59. The lowest BCUT2D eigenvalue weighted by atomic mass is 9.94. The van der Waals surface area contributed by atoms with Gasteiger partial charge in [0.2, 0.25) is 12.0 Å². The van der Waals surface area contributed by atoms with Gasteiger partial charge in [0.1, 0.15) is 11.6 Å². The fraction of sp³-hybridized carbons (Fsp3) is 0.118. The first kappa shape index (κ1) is 16.6. The summed E-state index contributed by atoms with van der Waals surface area (Å²) in [6.07, 6.45) is -0.974. The Morgan fingerprint density at radius 3 is 2.44 bits per heavy atom. The van der Waals surface area contributed by atoms with Crippen LogP contribution >= 0.6 is 39.1 Å². The molecule has 0 bridgehead atoms. The van der Waals surface area contributed by atoms with Gasteiger partial charge in [-0.25, -0.2) is 4.90 Å². The molecule has 1 saturated heterocycles. The van der Waals surface area contributed by atoms with Gasteiger partial charge < -0.3 is 4.84 Å². The zero-order valence-corrected chi connectivity index (χ0v) is 15.5. The van der Waals surface area contributed by atoms with Gasteiger partial charge in [-0.2, -0.15) is 0 Å². The molecule has 2 amide bonds. The average molecular weight is 440 g/mol. The first-order valence-corrected chi connectivity index (χ1v) is 8.85. The number of anilines is 1. The number of amides is 2. The Morgan fingerprint density at radius 2 is 1.76 bits per heavy atom. The molecular weight excluding hydrogens is 431 g/mol. The van der Waals surface area contributed by atoms with Crippen molar-refractivity contribution in [3.8, 4) is 0 Å². The number of nitrogens with zero attached hydrogens (tertiary/aromatic N) is 2. The number of fused-ring (bicyclic) bond motifs is 1. The number of oxime groups is 1. The van der Waals surface area contributed by atoms with Gasteiger partial charge in [-0.15, -0.1) is 0 Å². The maximum atomic E-state index is 12.9. The molecule has 0 radical (unpaired) electrons. The van der Waals surface area contributed by atoms with Crippen molar-refractivity contribution in [2.75, 3.05) is 4.90 Å². The summed E-state index contributed by atoms with van der Waals surface area (Å²) in [6, 6.07) is 11.9. The maximum absolute atomic E-state index is 12.9. The lowest BCUT2D eigenvalue weighted by Crippen LogP contribution is -2.33. The normalized spacial score (nSPS) is 22.0. The molecule has 0 N–H and O–H groups in total. The van der Waals surface area contributed by atoms with E-state index in [9.17, 15) is 9.59 Å². The van der Waals surface area contributed by atoms with E-state index >= 15 is 0 Å². The predicted octanol–water partition coefficient (Wildman–Crippen LogP) is 4.05. The summed E-state index contributed by atoms with van der Waals surface area (Å²) in [5.41, 5.74) is 1.44. The van der Waals surface area contributed by atoms with Gasteiger partial charge in [0, 0.05) is 15.1 Å². The molecule has 0 saturated carbocycles. The largest absolute Gasteiger partial charge is 0.381 e. The van der Waals surface area contributed by atoms with Crippen LogP contribution in [0.1, 0.15) is 5.56 Å². The van der Waals surface area contributed by atoms with E-state index in [1.165, 1.54) is 12.1 Å². The fourth-order valence-corrected chi connectivity index (χ4v) is 3.69. The van der Waals surface area contributed by atoms with E-state index in [1.807, 2.05) is 24.3 Å². The first-order valence-electron chi connectivity index (χ1n) is 7.30. The Bertz CT molecular complexity index is 930. The van der Waals surface area contributed by atoms with Crippen LogP contribution in [0.5, 0.6) is 0 Å². The van der Waals surface area contributed by atoms with Gasteiger partial charge in [-0.3, -0.25) is 9.59 Å². The quantitative estimate of drug-likeness (QED) is 0.663. The van der Waals surface area contributed by atoms with Crippen LogP contribution in [0.3, 0.4) is 0 Å². The van der Waals surface area contributed by atoms with Crippen molar-refractivity contribution in [1.82, 2.24) is 0 Å². The highest BCUT2D eigenvalue weighted by Gasteiger charge is 2.56. The van der Waals surface area contributed by atoms with Crippen LogP contribution in [-0.4, -0.2) is 23.6 Å². The van der Waals surface area contributed by atoms with Crippen molar-refractivity contribution in [2.45, 2.75) is 6.10 Å². The second-order valence-corrected chi connectivity index (χ2v) is 7.35. The van der Waals surface area contributed by atoms with Gasteiger partial charge >= 0.3 is 0 Å². The van der Waals surface area contributed by atoms with E-state index in [1.54, 1.807) is 6.07 Å². The Hall–Kier alpha value is -1.89. The van der Waals surface area contributed by atoms with E-state index in [0.29, 0.717) is 10.7 Å². The van der Waals surface area contributed by atoms with Crippen LogP contribution in [0.2, 0.25) is 10.0 Å². The number of benzene rings is 2. The maximum Gasteiger partial charge on any atom is 0.279 e. The molecule has 2 aromatic rings. The summed E-state index contributed by atoms with van der Waals surface area (Å²) in [5, 5.41) is 4.60. The number of hydrogen-bond acceptors (Lipinski definition) is 4. The van der Waals surface area contributed by atoms with Gasteiger partial charge in [-0.05, 0) is 30.3 Å². The molecule has 0 aliphatic carbocycles. The Labute approximate surface area is 161 Å². The van der Waals surface area contributed by atoms with Crippen molar-refractivity contribution < 1.29 is 14.4 Å². The molecular formula is C17H9BrCl2N2O3. The predicted molar refractivity (Wildman–Crippen MR) is 98.0 cm³/mol. The van der Waals surface area contributed by atoms with Crippen molar-refractivity contribution in [1.29, 1.82) is 0 Å². The number of hydrogen-bond donors (Lipinski definition) is 0. The van der Waals surface area contributed by atoms with Crippen LogP contribution in [-0.2, 0) is 14.4 Å². The third-order valence-corrected chi connectivity index (χ3v) is 5.17. The minimum Gasteiger partial charge on any atom is -0.381 e. The summed E-state index contributed by atoms with van der Waals surface area (Å²) in [7, 11) is 0. The summed E-state index contributed by atoms with van der Waals surface area (Å²) in [6.45, 7) is 0. The van der Waals surface area contributed by atoms with Crippen molar-refractivity contribution >= 4 is 62.3 Å². The number of halogens is 3. The number of imide groups is 1. The molecule has 2 aliphatic rings. The molecule has 5 nitrogen and oxygen atoms in total. The highest BCUT2D eigenvalue weighted by molar-refractivity contribution is 9.10. The minimum atomic E-state index is -0.974. The minimum absolute atomic E-state index is 0.219. The smallest absolute Gasteiger partial charge is 0.279 e. The summed E-state index contributed by atoms with van der Waals surface area (Å²) in [5.74, 6) is -1.70. The molecule has 4 rings (SSSR count). The third kappa shape index (κ3) is 2.65. The molecule has 0 aromatic heterocycles. The second kappa shape index (κ2) is 6.12. The summed E-state index contributed by atoms with van der Waals surface area (Å²) in [4.78, 5) is 31.9. The summed E-state index contributed by atoms with van der Waals surface area (Å²) < 4.78 is 0.899. The highest BCUT2D eigenvalue weighted by Crippen LogP contribution is 2.38. The SMILES string of the molecule is O=C1[C@H]2C(c3ccc(Br)cc3)=NO[C@@H]2C(=O)N1c1ccc(Cl)cc1Cl. The first-order chi connectivity index (χ1) is 12.0. The molecule has 2 heterocycles. The Kier molecular flexibility index (Phi) is 4.06. The molecule has 126 valence electrons. The standard InChI is InChI=1S/C17H9BrCl2N2O3/c18-9-3-1-8(2-4-9)14-13-15(25-21-14)17(24)22(16(13)23)12-6-5-10(19)7-11(12)20/h1-7,13,15H/t13-,15-/m0/s1. The van der Waals surface area contributed by atoms with Gasteiger partial charge in [-0.1, -0.05) is 56.4 Å². The van der Waals surface area contributed by atoms with Crippen LogP contribution in [0.25, 0.3) is 0 Å². The molecule has 2 aliphatic heterocycles. The van der Waals surface area contributed by atoms with E-state index in [4.69, 9.17) is 28.0 Å². The van der Waals surface area contributed by atoms with Gasteiger partial charge in [0.25, 0.3) is 5.91 Å². The number of carbonyl (C=O) groups excluding carboxylic acids is 2. The Balaban J connectivity index is 1.72. The zero-order chi connectivity index (χ0) is 17.7. The van der Waals surface area contributed by atoms with Gasteiger partial charge in [0.05, 0.1) is 10.7 Å². The number of carbonyl (C=O) groups is 2. The molecule has 0 unspecified atom stereocenters. The zero-order valence-electron chi connectivity index (χ0n) is 12.4. The summed E-state index contributed by atoms with van der Waals surface area (Å²) >= 11 is 15.4. The van der Waals surface area contributed by atoms with Crippen LogP contribution in [0.15, 0.2) is 52.1 Å². The number of rotatable bonds is 2. The molecule has 8 heteroatoms. The molecule has 1 fully saturated rings. The highest BCUT2D eigenvalue weighted by atomic mass is 79.9. The van der Waals surface area contributed by atoms with Crippen molar-refractivity contribution in [2.24, 2.45) is 11.1 Å². The molecule has 25 heavy (non-hydrogen) atoms. The van der Waals surface area contributed by atoms with Crippen LogP contribution < -0.4 is 4.90 Å². The van der Waals surface area contributed by atoms with Crippen LogP contribution in [0, 0.1) is 5.92 Å². The van der Waals surface area contributed by atoms with Crippen LogP contribution in [0.4, 0.5) is 5.69 Å². The topological polar surface area (TPSA) is 59.0 Å². The third-order valence-electron chi connectivity index (χ3n) is 4.10. The molecule has 0 spiro atoms. The van der Waals surface area contributed by atoms with E-state index in [2.05, 4.69) is 21.1 Å². The average Bonchev–Trinajstić information content (AvgIpc) is 3.11. The Morgan fingerprint density at radius 1 is 1.04 bits per heavy atom. The van der Waals surface area contributed by atoms with Crippen molar-refractivity contribution in [3.05, 3.63) is 62.5 Å². The molecule has 2 atom stereocenters. The van der Waals surface area contributed by atoms with E-state index < -0.39 is 23.8 Å². The van der Waals surface area contributed by atoms with Gasteiger partial charge in [0.15, 0.2) is 0 Å². The lowest BCUT2D eigenvalue weighted by Gasteiger charge is -2.17.